The van der Waals surface area contributed by atoms with Gasteiger partial charge in [-0.05, 0) is 0 Å². The van der Waals surface area contributed by atoms with E-state index >= 15 is 0 Å². The molecule has 0 aromatic heterocycles. The van der Waals surface area contributed by atoms with Crippen LogP contribution >= 0.6 is 0 Å². The van der Waals surface area contributed by atoms with Crippen LogP contribution in [0.1, 0.15) is 6.42 Å². The molecule has 0 amide bonds. The minimum atomic E-state index is -0.839. The molecule has 0 saturated heterocycles. The summed E-state index contributed by atoms with van der Waals surface area (Å²) in [7, 11) is 3.54. The summed E-state index contributed by atoms with van der Waals surface area (Å²) < 4.78 is 0. The van der Waals surface area contributed by atoms with Crippen LogP contribution in [-0.2, 0) is 4.79 Å². The summed E-state index contributed by atoms with van der Waals surface area (Å²) in [6, 6.07) is 0. The molecule has 0 heterocycles. The van der Waals surface area contributed by atoms with Crippen LogP contribution in [-0.4, -0.2) is 30.1 Å². The van der Waals surface area contributed by atoms with Crippen LogP contribution in [0.2, 0.25) is 0 Å². The van der Waals surface area contributed by atoms with E-state index in [1.165, 1.54) is 0 Å². The van der Waals surface area contributed by atoms with E-state index in [9.17, 15) is 4.79 Å². The fraction of sp³-hybridized carbons (Fsp3) is 0.500. The van der Waals surface area contributed by atoms with Gasteiger partial charge in [0.1, 0.15) is 0 Å². The van der Waals surface area contributed by atoms with Gasteiger partial charge in [0.15, 0.2) is 0 Å². The fourth-order valence-corrected chi connectivity index (χ4v) is 0.333. The molecule has 3 nitrogen and oxygen atoms in total. The summed E-state index contributed by atoms with van der Waals surface area (Å²) in [5.41, 5.74) is 0.613. The lowest BCUT2D eigenvalue weighted by Crippen LogP contribution is -2.13. The Morgan fingerprint density at radius 1 is 1.67 bits per heavy atom. The lowest BCUT2D eigenvalue weighted by Gasteiger charge is -2.12. The molecule has 52 valence electrons. The highest BCUT2D eigenvalue weighted by atomic mass is 16.4. The fourth-order valence-electron chi connectivity index (χ4n) is 0.333. The van der Waals surface area contributed by atoms with Crippen LogP contribution in [0.25, 0.3) is 0 Å². The van der Waals surface area contributed by atoms with Crippen molar-refractivity contribution in [2.75, 3.05) is 14.1 Å². The third-order valence-corrected chi connectivity index (χ3v) is 0.988. The van der Waals surface area contributed by atoms with Crippen molar-refractivity contribution in [2.24, 2.45) is 0 Å². The van der Waals surface area contributed by atoms with E-state index in [0.29, 0.717) is 5.70 Å². The Bertz CT molecular complexity index is 129. The number of carbonyl (C=O) groups is 1. The van der Waals surface area contributed by atoms with Crippen LogP contribution in [0.5, 0.6) is 0 Å². The molecule has 0 atom stereocenters. The summed E-state index contributed by atoms with van der Waals surface area (Å²) in [5.74, 6) is -0.839. The predicted molar refractivity (Wildman–Crippen MR) is 35.1 cm³/mol. The molecular weight excluding hydrogens is 118 g/mol. The van der Waals surface area contributed by atoms with Crippen molar-refractivity contribution in [3.63, 3.8) is 0 Å². The van der Waals surface area contributed by atoms with Gasteiger partial charge >= 0.3 is 5.97 Å². The summed E-state index contributed by atoms with van der Waals surface area (Å²) >= 11 is 0. The number of nitrogens with zero attached hydrogens (tertiary/aromatic N) is 1. The molecule has 0 aromatic rings. The van der Waals surface area contributed by atoms with Gasteiger partial charge in [0, 0.05) is 19.8 Å². The van der Waals surface area contributed by atoms with Crippen molar-refractivity contribution >= 4 is 5.97 Å². The molecule has 0 fully saturated rings. The zero-order valence-electron chi connectivity index (χ0n) is 5.72. The second kappa shape index (κ2) is 3.12. The number of rotatable bonds is 3. The van der Waals surface area contributed by atoms with Crippen LogP contribution in [0.4, 0.5) is 0 Å². The van der Waals surface area contributed by atoms with E-state index < -0.39 is 5.97 Å². The quantitative estimate of drug-likeness (QED) is 0.604. The topological polar surface area (TPSA) is 40.5 Å². The first-order valence-electron chi connectivity index (χ1n) is 2.61. The van der Waals surface area contributed by atoms with E-state index in [-0.39, 0.29) is 6.42 Å². The Morgan fingerprint density at radius 3 is 2.22 bits per heavy atom. The third kappa shape index (κ3) is 3.58. The highest BCUT2D eigenvalue weighted by Crippen LogP contribution is 1.98. The van der Waals surface area contributed by atoms with Crippen molar-refractivity contribution < 1.29 is 9.90 Å². The van der Waals surface area contributed by atoms with Gasteiger partial charge in [-0.3, -0.25) is 4.79 Å². The summed E-state index contributed by atoms with van der Waals surface area (Å²) in [6.45, 7) is 3.54. The molecule has 0 saturated carbocycles. The van der Waals surface area contributed by atoms with E-state index in [1.807, 2.05) is 0 Å². The number of aliphatic carboxylic acids is 1. The Balaban J connectivity index is 3.64. The van der Waals surface area contributed by atoms with E-state index in [2.05, 4.69) is 6.58 Å². The molecular formula is C6H11NO2. The largest absolute Gasteiger partial charge is 0.481 e. The zero-order valence-corrected chi connectivity index (χ0v) is 5.72. The maximum atomic E-state index is 10.0. The minimum absolute atomic E-state index is 0.0208. The van der Waals surface area contributed by atoms with Gasteiger partial charge in [0.25, 0.3) is 0 Å². The molecule has 0 aromatic carbocycles. The van der Waals surface area contributed by atoms with Gasteiger partial charge in [-0.25, -0.2) is 0 Å². The van der Waals surface area contributed by atoms with Crippen molar-refractivity contribution in [3.05, 3.63) is 12.3 Å². The lowest BCUT2D eigenvalue weighted by molar-refractivity contribution is -0.136. The Labute approximate surface area is 54.6 Å². The Kier molecular flexibility index (Phi) is 2.78. The minimum Gasteiger partial charge on any atom is -0.481 e. The van der Waals surface area contributed by atoms with Gasteiger partial charge in [0.2, 0.25) is 0 Å². The van der Waals surface area contributed by atoms with Crippen LogP contribution < -0.4 is 0 Å². The van der Waals surface area contributed by atoms with E-state index in [0.717, 1.165) is 0 Å². The van der Waals surface area contributed by atoms with Gasteiger partial charge in [-0.1, -0.05) is 6.58 Å². The number of carboxylic acid groups (broad SMARTS) is 1. The smallest absolute Gasteiger partial charge is 0.309 e. The third-order valence-electron chi connectivity index (χ3n) is 0.988. The molecule has 3 heteroatoms. The highest BCUT2D eigenvalue weighted by molar-refractivity contribution is 5.69. The predicted octanol–water partition coefficient (Wildman–Crippen LogP) is 0.536. The first kappa shape index (κ1) is 8.01. The SMILES string of the molecule is C=C(CC(=O)O)N(C)C. The second-order valence-electron chi connectivity index (χ2n) is 2.03. The summed E-state index contributed by atoms with van der Waals surface area (Å²) in [5, 5.41) is 8.25. The lowest BCUT2D eigenvalue weighted by atomic mass is 10.3. The molecule has 0 aliphatic heterocycles. The average Bonchev–Trinajstić information content (AvgIpc) is 1.63. The van der Waals surface area contributed by atoms with Gasteiger partial charge in [-0.15, -0.1) is 0 Å². The first-order chi connectivity index (χ1) is 4.04. The molecule has 0 radical (unpaired) electrons. The van der Waals surface area contributed by atoms with Crippen molar-refractivity contribution in [3.8, 4) is 0 Å². The standard InChI is InChI=1S/C6H11NO2/c1-5(7(2)3)4-6(8)9/h1,4H2,2-3H3,(H,8,9). The van der Waals surface area contributed by atoms with E-state index in [4.69, 9.17) is 5.11 Å². The number of hydrogen-bond donors (Lipinski definition) is 1. The summed E-state index contributed by atoms with van der Waals surface area (Å²) in [6.07, 6.45) is 0.0208. The zero-order chi connectivity index (χ0) is 7.44. The molecule has 0 bridgehead atoms. The number of hydrogen-bond acceptors (Lipinski definition) is 2. The number of carboxylic acids is 1. The molecule has 0 aliphatic carbocycles. The monoisotopic (exact) mass is 129 g/mol. The maximum Gasteiger partial charge on any atom is 0.309 e. The first-order valence-corrected chi connectivity index (χ1v) is 2.61. The maximum absolute atomic E-state index is 10.0. The molecule has 0 aliphatic rings. The van der Waals surface area contributed by atoms with Gasteiger partial charge in [-0.2, -0.15) is 0 Å². The molecule has 0 rings (SSSR count). The molecule has 1 N–H and O–H groups in total. The van der Waals surface area contributed by atoms with Crippen LogP contribution in [0.3, 0.4) is 0 Å². The van der Waals surface area contributed by atoms with Crippen molar-refractivity contribution in [1.29, 1.82) is 0 Å². The normalized spacial score (nSPS) is 8.67. The molecule has 9 heavy (non-hydrogen) atoms. The Hall–Kier alpha value is -0.990. The molecule has 0 unspecified atom stereocenters. The average molecular weight is 129 g/mol. The van der Waals surface area contributed by atoms with Crippen LogP contribution in [0, 0.1) is 0 Å². The van der Waals surface area contributed by atoms with Crippen molar-refractivity contribution in [2.45, 2.75) is 6.42 Å². The van der Waals surface area contributed by atoms with Crippen LogP contribution in [0.15, 0.2) is 12.3 Å². The van der Waals surface area contributed by atoms with Gasteiger partial charge in [0.05, 0.1) is 6.42 Å². The van der Waals surface area contributed by atoms with Crippen molar-refractivity contribution in [1.82, 2.24) is 4.90 Å². The van der Waals surface area contributed by atoms with E-state index in [1.54, 1.807) is 19.0 Å². The Morgan fingerprint density at radius 2 is 2.11 bits per heavy atom. The summed E-state index contributed by atoms with van der Waals surface area (Å²) in [4.78, 5) is 11.7. The second-order valence-corrected chi connectivity index (χ2v) is 2.03. The molecule has 0 spiro atoms. The van der Waals surface area contributed by atoms with Gasteiger partial charge < -0.3 is 10.0 Å². The highest BCUT2D eigenvalue weighted by Gasteiger charge is 2.01.